The van der Waals surface area contributed by atoms with Gasteiger partial charge in [0.25, 0.3) is 0 Å². The summed E-state index contributed by atoms with van der Waals surface area (Å²) in [5.41, 5.74) is 4.76. The summed E-state index contributed by atoms with van der Waals surface area (Å²) in [6.45, 7) is 2.52. The van der Waals surface area contributed by atoms with Gasteiger partial charge in [0.15, 0.2) is 0 Å². The van der Waals surface area contributed by atoms with Gasteiger partial charge in [-0.2, -0.15) is 5.10 Å². The lowest BCUT2D eigenvalue weighted by Crippen LogP contribution is -2.12. The van der Waals surface area contributed by atoms with E-state index < -0.39 is 0 Å². The van der Waals surface area contributed by atoms with E-state index in [-0.39, 0.29) is 0 Å². The quantitative estimate of drug-likeness (QED) is 0.920. The van der Waals surface area contributed by atoms with Crippen molar-refractivity contribution in [3.63, 3.8) is 0 Å². The summed E-state index contributed by atoms with van der Waals surface area (Å²) in [5, 5.41) is 7.77. The molecule has 1 aromatic carbocycles. The van der Waals surface area contributed by atoms with E-state index in [0.717, 1.165) is 34.5 Å². The topological polar surface area (TPSA) is 39.1 Å². The van der Waals surface area contributed by atoms with Crippen LogP contribution in [0.1, 0.15) is 35.0 Å². The number of rotatable bonds is 4. The third kappa shape index (κ3) is 2.60. The van der Waals surface area contributed by atoms with Crippen LogP contribution in [0, 0.1) is 6.92 Å². The van der Waals surface area contributed by atoms with Crippen LogP contribution < -0.4 is 10.1 Å². The normalized spacial score (nSPS) is 17.0. The summed E-state index contributed by atoms with van der Waals surface area (Å²) in [5.74, 6) is 0.996. The molecule has 1 aliphatic rings. The predicted molar refractivity (Wildman–Crippen MR) is 86.5 cm³/mol. The van der Waals surface area contributed by atoms with Crippen LogP contribution in [0.15, 0.2) is 22.7 Å². The van der Waals surface area contributed by atoms with E-state index in [2.05, 4.69) is 44.5 Å². The second-order valence-electron chi connectivity index (χ2n) is 5.46. The predicted octanol–water partition coefficient (Wildman–Crippen LogP) is 3.28. The molecule has 1 heterocycles. The Morgan fingerprint density at radius 2 is 2.29 bits per heavy atom. The molecule has 0 spiro atoms. The lowest BCUT2D eigenvalue weighted by Gasteiger charge is -2.13. The van der Waals surface area contributed by atoms with E-state index in [1.54, 1.807) is 0 Å². The Morgan fingerprint density at radius 3 is 2.95 bits per heavy atom. The van der Waals surface area contributed by atoms with Crippen LogP contribution in [0.25, 0.3) is 0 Å². The van der Waals surface area contributed by atoms with Crippen molar-refractivity contribution in [2.45, 2.75) is 32.4 Å². The molecule has 1 unspecified atom stereocenters. The molecule has 0 saturated heterocycles. The number of hydrogen-bond donors (Lipinski definition) is 1. The van der Waals surface area contributed by atoms with Crippen molar-refractivity contribution in [3.8, 4) is 5.75 Å². The second-order valence-corrected chi connectivity index (χ2v) is 6.26. The molecule has 5 heteroatoms. The third-order valence-corrected chi connectivity index (χ3v) is 5.23. The minimum Gasteiger partial charge on any atom is -0.487 e. The van der Waals surface area contributed by atoms with Gasteiger partial charge in [0, 0.05) is 13.1 Å². The van der Waals surface area contributed by atoms with Gasteiger partial charge in [-0.15, -0.1) is 0 Å². The summed E-state index contributed by atoms with van der Waals surface area (Å²) < 4.78 is 8.99. The molecule has 0 saturated carbocycles. The number of hydrogen-bond acceptors (Lipinski definition) is 3. The van der Waals surface area contributed by atoms with E-state index in [1.165, 1.54) is 11.1 Å². The smallest absolute Gasteiger partial charge is 0.131 e. The molecule has 3 rings (SSSR count). The van der Waals surface area contributed by atoms with Gasteiger partial charge in [0.1, 0.15) is 12.4 Å². The van der Waals surface area contributed by atoms with Crippen LogP contribution in [-0.2, 0) is 20.1 Å². The first-order valence-corrected chi connectivity index (χ1v) is 8.01. The Hall–Kier alpha value is -1.33. The fraction of sp³-hybridized carbons (Fsp3) is 0.438. The molecule has 4 nitrogen and oxygen atoms in total. The second kappa shape index (κ2) is 5.81. The van der Waals surface area contributed by atoms with Crippen molar-refractivity contribution >= 4 is 15.9 Å². The first-order valence-electron chi connectivity index (χ1n) is 7.21. The molecule has 0 aliphatic heterocycles. The number of benzene rings is 1. The lowest BCUT2D eigenvalue weighted by molar-refractivity contribution is 0.291. The minimum atomic E-state index is 0.453. The lowest BCUT2D eigenvalue weighted by atomic mass is 10.1. The van der Waals surface area contributed by atoms with Crippen LogP contribution in [0.2, 0.25) is 0 Å². The highest BCUT2D eigenvalue weighted by Crippen LogP contribution is 2.37. The molecular weight excluding hydrogens is 330 g/mol. The summed E-state index contributed by atoms with van der Waals surface area (Å²) >= 11 is 3.58. The molecular formula is C16H20BrN3O. The number of ether oxygens (including phenoxy) is 1. The summed E-state index contributed by atoms with van der Waals surface area (Å²) in [4.78, 5) is 0. The number of nitrogens with one attached hydrogen (secondary N) is 1. The highest BCUT2D eigenvalue weighted by molar-refractivity contribution is 9.10. The Morgan fingerprint density at radius 1 is 1.48 bits per heavy atom. The average molecular weight is 350 g/mol. The summed E-state index contributed by atoms with van der Waals surface area (Å²) in [7, 11) is 3.96. The van der Waals surface area contributed by atoms with Crippen LogP contribution in [0.3, 0.4) is 0 Å². The van der Waals surface area contributed by atoms with Gasteiger partial charge in [-0.25, -0.2) is 0 Å². The third-order valence-electron chi connectivity index (χ3n) is 4.20. The van der Waals surface area contributed by atoms with Gasteiger partial charge in [-0.3, -0.25) is 4.68 Å². The minimum absolute atomic E-state index is 0.453. The Labute approximate surface area is 133 Å². The van der Waals surface area contributed by atoms with E-state index in [0.29, 0.717) is 12.6 Å². The molecule has 21 heavy (non-hydrogen) atoms. The molecule has 2 aromatic rings. The van der Waals surface area contributed by atoms with Gasteiger partial charge in [-0.05, 0) is 59.9 Å². The molecule has 1 N–H and O–H groups in total. The van der Waals surface area contributed by atoms with Crippen LogP contribution in [0.4, 0.5) is 0 Å². The average Bonchev–Trinajstić information content (AvgIpc) is 3.00. The molecule has 112 valence electrons. The Bertz CT molecular complexity index is 666. The van der Waals surface area contributed by atoms with E-state index >= 15 is 0 Å². The largest absolute Gasteiger partial charge is 0.487 e. The van der Waals surface area contributed by atoms with Crippen molar-refractivity contribution in [2.24, 2.45) is 7.05 Å². The first kappa shape index (κ1) is 14.6. The molecule has 0 radical (unpaired) electrons. The number of fused-ring (bicyclic) bond motifs is 1. The SMILES string of the molecule is CNC1CCc2c(OCc3c(Br)c(C)nn3C)cccc21. The van der Waals surface area contributed by atoms with Gasteiger partial charge in [0.2, 0.25) is 0 Å². The number of aromatic nitrogens is 2. The molecule has 1 aromatic heterocycles. The highest BCUT2D eigenvalue weighted by atomic mass is 79.9. The summed E-state index contributed by atoms with van der Waals surface area (Å²) in [6, 6.07) is 6.79. The molecule has 0 amide bonds. The maximum atomic E-state index is 6.08. The van der Waals surface area contributed by atoms with Crippen LogP contribution >= 0.6 is 15.9 Å². The summed E-state index contributed by atoms with van der Waals surface area (Å²) in [6.07, 6.45) is 2.21. The zero-order chi connectivity index (χ0) is 15.0. The van der Waals surface area contributed by atoms with Crippen molar-refractivity contribution < 1.29 is 4.74 Å². The van der Waals surface area contributed by atoms with Crippen LogP contribution in [0.5, 0.6) is 5.75 Å². The fourth-order valence-electron chi connectivity index (χ4n) is 3.04. The van der Waals surface area contributed by atoms with Crippen LogP contribution in [-0.4, -0.2) is 16.8 Å². The van der Waals surface area contributed by atoms with E-state index in [1.807, 2.05) is 25.7 Å². The maximum absolute atomic E-state index is 6.08. The van der Waals surface area contributed by atoms with Gasteiger partial charge >= 0.3 is 0 Å². The number of aryl methyl sites for hydroxylation is 2. The van der Waals surface area contributed by atoms with E-state index in [9.17, 15) is 0 Å². The van der Waals surface area contributed by atoms with Crippen molar-refractivity contribution in [3.05, 3.63) is 45.2 Å². The maximum Gasteiger partial charge on any atom is 0.131 e. The standard InChI is InChI=1S/C16H20BrN3O/c1-10-16(17)14(20(3)19-10)9-21-15-6-4-5-11-12(15)7-8-13(11)18-2/h4-6,13,18H,7-9H2,1-3H3. The highest BCUT2D eigenvalue weighted by Gasteiger charge is 2.24. The van der Waals surface area contributed by atoms with E-state index in [4.69, 9.17) is 4.74 Å². The van der Waals surface area contributed by atoms with Crippen molar-refractivity contribution in [2.75, 3.05) is 7.05 Å². The number of halogens is 1. The van der Waals surface area contributed by atoms with Crippen molar-refractivity contribution in [1.82, 2.24) is 15.1 Å². The Balaban J connectivity index is 1.82. The zero-order valence-corrected chi connectivity index (χ0v) is 14.2. The molecule has 1 atom stereocenters. The van der Waals surface area contributed by atoms with Gasteiger partial charge in [-0.1, -0.05) is 12.1 Å². The monoisotopic (exact) mass is 349 g/mol. The molecule has 0 fully saturated rings. The Kier molecular flexibility index (Phi) is 4.04. The molecule has 1 aliphatic carbocycles. The zero-order valence-electron chi connectivity index (χ0n) is 12.6. The van der Waals surface area contributed by atoms with Gasteiger partial charge in [0.05, 0.1) is 15.9 Å². The molecule has 0 bridgehead atoms. The van der Waals surface area contributed by atoms with Crippen molar-refractivity contribution in [1.29, 1.82) is 0 Å². The number of nitrogens with zero attached hydrogens (tertiary/aromatic N) is 2. The van der Waals surface area contributed by atoms with Gasteiger partial charge < -0.3 is 10.1 Å². The fourth-order valence-corrected chi connectivity index (χ4v) is 3.49. The first-order chi connectivity index (χ1) is 10.1.